The lowest BCUT2D eigenvalue weighted by Crippen LogP contribution is -2.47. The quantitative estimate of drug-likeness (QED) is 0.778. The van der Waals surface area contributed by atoms with Crippen LogP contribution in [0.15, 0.2) is 30.0 Å². The molecule has 1 aromatic heterocycles. The third kappa shape index (κ3) is 4.03. The van der Waals surface area contributed by atoms with Crippen molar-refractivity contribution in [3.63, 3.8) is 0 Å². The predicted molar refractivity (Wildman–Crippen MR) is 79.3 cm³/mol. The first-order valence-electron chi connectivity index (χ1n) is 7.03. The van der Waals surface area contributed by atoms with E-state index >= 15 is 0 Å². The molecule has 1 saturated heterocycles. The van der Waals surface area contributed by atoms with Crippen molar-refractivity contribution in [3.05, 3.63) is 30.0 Å². The first kappa shape index (κ1) is 14.0. The van der Waals surface area contributed by atoms with Crippen LogP contribution in [0.5, 0.6) is 0 Å². The Morgan fingerprint density at radius 3 is 3.05 bits per heavy atom. The summed E-state index contributed by atoms with van der Waals surface area (Å²) in [6.45, 7) is 7.47. The number of hydrogen-bond acceptors (Lipinski definition) is 4. The van der Waals surface area contributed by atoms with Gasteiger partial charge in [0.2, 0.25) is 0 Å². The van der Waals surface area contributed by atoms with E-state index in [0.717, 1.165) is 25.5 Å². The zero-order chi connectivity index (χ0) is 13.7. The molecule has 2 rings (SSSR count). The van der Waals surface area contributed by atoms with E-state index in [-0.39, 0.29) is 0 Å². The molecule has 1 atom stereocenters. The number of aromatic nitrogens is 2. The highest BCUT2D eigenvalue weighted by molar-refractivity contribution is 5.37. The topological polar surface area (TPSA) is 32.3 Å². The summed E-state index contributed by atoms with van der Waals surface area (Å²) in [7, 11) is 2.21. The molecular weight excluding hydrogens is 236 g/mol. The van der Waals surface area contributed by atoms with Gasteiger partial charge in [-0.1, -0.05) is 11.6 Å². The number of allylic oxidation sites excluding steroid dienone is 1. The average Bonchev–Trinajstić information content (AvgIpc) is 2.46. The van der Waals surface area contributed by atoms with Crippen molar-refractivity contribution < 1.29 is 0 Å². The molecule has 104 valence electrons. The predicted octanol–water partition coefficient (Wildman–Crippen LogP) is 2.34. The second-order valence-corrected chi connectivity index (χ2v) is 5.54. The SMILES string of the molecule is CC(C)=CCN(C)C1CCCN(c2cccnn2)C1. The first-order valence-corrected chi connectivity index (χ1v) is 7.03. The second kappa shape index (κ2) is 6.66. The lowest BCUT2D eigenvalue weighted by Gasteiger charge is -2.37. The van der Waals surface area contributed by atoms with Crippen molar-refractivity contribution in [3.8, 4) is 0 Å². The lowest BCUT2D eigenvalue weighted by molar-refractivity contribution is 0.234. The average molecular weight is 260 g/mol. The molecule has 0 saturated carbocycles. The third-order valence-corrected chi connectivity index (χ3v) is 3.69. The Bertz CT molecular complexity index is 411. The van der Waals surface area contributed by atoms with Gasteiger partial charge in [-0.2, -0.15) is 5.10 Å². The minimum absolute atomic E-state index is 0.603. The summed E-state index contributed by atoms with van der Waals surface area (Å²) >= 11 is 0. The van der Waals surface area contributed by atoms with Crippen molar-refractivity contribution in [2.24, 2.45) is 0 Å². The van der Waals surface area contributed by atoms with Crippen LogP contribution in [0.1, 0.15) is 26.7 Å². The lowest BCUT2D eigenvalue weighted by atomic mass is 10.0. The molecule has 0 aliphatic carbocycles. The summed E-state index contributed by atoms with van der Waals surface area (Å²) < 4.78 is 0. The largest absolute Gasteiger partial charge is 0.354 e. The molecule has 0 aromatic carbocycles. The second-order valence-electron chi connectivity index (χ2n) is 5.54. The minimum Gasteiger partial charge on any atom is -0.354 e. The summed E-state index contributed by atoms with van der Waals surface area (Å²) in [4.78, 5) is 4.79. The van der Waals surface area contributed by atoms with Crippen molar-refractivity contribution in [1.29, 1.82) is 0 Å². The van der Waals surface area contributed by atoms with Gasteiger partial charge in [0.05, 0.1) is 0 Å². The fourth-order valence-electron chi connectivity index (χ4n) is 2.46. The van der Waals surface area contributed by atoms with Gasteiger partial charge in [-0.05, 0) is 45.9 Å². The van der Waals surface area contributed by atoms with E-state index in [1.807, 2.05) is 12.1 Å². The van der Waals surface area contributed by atoms with Crippen LogP contribution in [0.2, 0.25) is 0 Å². The molecule has 1 aliphatic heterocycles. The van der Waals surface area contributed by atoms with Gasteiger partial charge in [0, 0.05) is 31.9 Å². The molecule has 19 heavy (non-hydrogen) atoms. The number of anilines is 1. The van der Waals surface area contributed by atoms with E-state index in [1.54, 1.807) is 6.20 Å². The highest BCUT2D eigenvalue weighted by Crippen LogP contribution is 2.19. The van der Waals surface area contributed by atoms with E-state index in [0.29, 0.717) is 6.04 Å². The number of piperidine rings is 1. The molecule has 0 N–H and O–H groups in total. The number of hydrogen-bond donors (Lipinski definition) is 0. The summed E-state index contributed by atoms with van der Waals surface area (Å²) in [5.74, 6) is 1.00. The van der Waals surface area contributed by atoms with Gasteiger partial charge in [-0.15, -0.1) is 5.10 Å². The van der Waals surface area contributed by atoms with Gasteiger partial charge in [0.15, 0.2) is 5.82 Å². The van der Waals surface area contributed by atoms with Crippen LogP contribution >= 0.6 is 0 Å². The number of rotatable bonds is 4. The van der Waals surface area contributed by atoms with Crippen LogP contribution in [-0.2, 0) is 0 Å². The molecule has 0 amide bonds. The zero-order valence-electron chi connectivity index (χ0n) is 12.2. The van der Waals surface area contributed by atoms with E-state index < -0.39 is 0 Å². The van der Waals surface area contributed by atoms with Crippen LogP contribution < -0.4 is 4.90 Å². The van der Waals surface area contributed by atoms with Gasteiger partial charge < -0.3 is 4.90 Å². The fraction of sp³-hybridized carbons (Fsp3) is 0.600. The molecule has 0 bridgehead atoms. The Labute approximate surface area is 116 Å². The van der Waals surface area contributed by atoms with Crippen LogP contribution in [0, 0.1) is 0 Å². The monoisotopic (exact) mass is 260 g/mol. The van der Waals surface area contributed by atoms with Crippen molar-refractivity contribution in [2.45, 2.75) is 32.7 Å². The van der Waals surface area contributed by atoms with Crippen LogP contribution in [-0.4, -0.2) is 47.8 Å². The standard InChI is InChI=1S/C15H24N4/c1-13(2)8-11-18(3)14-6-5-10-19(12-14)15-7-4-9-16-17-15/h4,7-9,14H,5-6,10-12H2,1-3H3. The molecular formula is C15H24N4. The molecule has 1 fully saturated rings. The number of likely N-dealkylation sites (N-methyl/N-ethyl adjacent to an activating group) is 1. The third-order valence-electron chi connectivity index (χ3n) is 3.69. The summed E-state index contributed by atoms with van der Waals surface area (Å²) in [6.07, 6.45) is 6.51. The normalized spacial score (nSPS) is 19.6. The maximum absolute atomic E-state index is 4.22. The maximum atomic E-state index is 4.22. The van der Waals surface area contributed by atoms with Gasteiger partial charge in [0.1, 0.15) is 0 Å². The molecule has 1 unspecified atom stereocenters. The Hall–Kier alpha value is -1.42. The molecule has 4 heteroatoms. The summed E-state index contributed by atoms with van der Waals surface area (Å²) in [6, 6.07) is 4.61. The van der Waals surface area contributed by atoms with Crippen LogP contribution in [0.4, 0.5) is 5.82 Å². The number of nitrogens with zero attached hydrogens (tertiary/aromatic N) is 4. The van der Waals surface area contributed by atoms with Crippen molar-refractivity contribution in [2.75, 3.05) is 31.6 Å². The highest BCUT2D eigenvalue weighted by atomic mass is 15.3. The van der Waals surface area contributed by atoms with Crippen molar-refractivity contribution in [1.82, 2.24) is 15.1 Å². The molecule has 4 nitrogen and oxygen atoms in total. The first-order chi connectivity index (χ1) is 9.16. The summed E-state index contributed by atoms with van der Waals surface area (Å²) in [5.41, 5.74) is 1.38. The van der Waals surface area contributed by atoms with Gasteiger partial charge >= 0.3 is 0 Å². The molecule has 2 heterocycles. The summed E-state index contributed by atoms with van der Waals surface area (Å²) in [5, 5.41) is 8.19. The smallest absolute Gasteiger partial charge is 0.151 e. The Kier molecular flexibility index (Phi) is 4.91. The molecule has 1 aromatic rings. The Morgan fingerprint density at radius 1 is 1.53 bits per heavy atom. The molecule has 0 radical (unpaired) electrons. The van der Waals surface area contributed by atoms with E-state index in [1.165, 1.54) is 18.4 Å². The van der Waals surface area contributed by atoms with Crippen LogP contribution in [0.25, 0.3) is 0 Å². The maximum Gasteiger partial charge on any atom is 0.151 e. The Balaban J connectivity index is 1.95. The van der Waals surface area contributed by atoms with E-state index in [2.05, 4.69) is 47.0 Å². The molecule has 1 aliphatic rings. The van der Waals surface area contributed by atoms with Gasteiger partial charge in [-0.3, -0.25) is 4.90 Å². The van der Waals surface area contributed by atoms with Gasteiger partial charge in [0.25, 0.3) is 0 Å². The highest BCUT2D eigenvalue weighted by Gasteiger charge is 2.23. The fourth-order valence-corrected chi connectivity index (χ4v) is 2.46. The minimum atomic E-state index is 0.603. The van der Waals surface area contributed by atoms with E-state index in [9.17, 15) is 0 Å². The van der Waals surface area contributed by atoms with Crippen molar-refractivity contribution >= 4 is 5.82 Å². The Morgan fingerprint density at radius 2 is 2.37 bits per heavy atom. The van der Waals surface area contributed by atoms with Crippen LogP contribution in [0.3, 0.4) is 0 Å². The van der Waals surface area contributed by atoms with Gasteiger partial charge in [-0.25, -0.2) is 0 Å². The zero-order valence-corrected chi connectivity index (χ0v) is 12.2. The van der Waals surface area contributed by atoms with E-state index in [4.69, 9.17) is 0 Å². The molecule has 0 spiro atoms.